The van der Waals surface area contributed by atoms with E-state index in [1.165, 1.54) is 11.6 Å². The van der Waals surface area contributed by atoms with Gasteiger partial charge in [-0.3, -0.25) is 4.79 Å². The first kappa shape index (κ1) is 13.8. The molecule has 0 N–H and O–H groups in total. The normalized spacial score (nSPS) is 19.0. The SMILES string of the molecule is C=C[C@@](C)(Cl)[C@H](Cl)/C=C/C(C=O)=C/Cl. The van der Waals surface area contributed by atoms with Crippen molar-refractivity contribution in [2.45, 2.75) is 17.2 Å². The van der Waals surface area contributed by atoms with Gasteiger partial charge in [-0.1, -0.05) is 29.8 Å². The van der Waals surface area contributed by atoms with Crippen LogP contribution in [0.25, 0.3) is 0 Å². The molecule has 0 radical (unpaired) electrons. The molecule has 0 bridgehead atoms. The highest BCUT2D eigenvalue weighted by molar-refractivity contribution is 6.34. The van der Waals surface area contributed by atoms with Crippen LogP contribution in [-0.4, -0.2) is 16.5 Å². The Morgan fingerprint density at radius 1 is 1.57 bits per heavy atom. The Balaban J connectivity index is 4.53. The van der Waals surface area contributed by atoms with Crippen molar-refractivity contribution in [1.82, 2.24) is 0 Å². The summed E-state index contributed by atoms with van der Waals surface area (Å²) in [6.45, 7) is 5.29. The van der Waals surface area contributed by atoms with Gasteiger partial charge >= 0.3 is 0 Å². The Kier molecular flexibility index (Phi) is 6.17. The zero-order valence-corrected chi connectivity index (χ0v) is 9.98. The number of carbonyl (C=O) groups excluding carboxylic acids is 1. The van der Waals surface area contributed by atoms with Crippen molar-refractivity contribution in [2.75, 3.05) is 0 Å². The van der Waals surface area contributed by atoms with E-state index in [4.69, 9.17) is 34.8 Å². The Labute approximate surface area is 99.0 Å². The molecule has 0 heterocycles. The predicted octanol–water partition coefficient (Wildman–Crippen LogP) is 3.66. The third-order valence-corrected chi connectivity index (χ3v) is 3.01. The molecule has 0 unspecified atom stereocenters. The number of allylic oxidation sites excluding steroid dienone is 4. The second kappa shape index (κ2) is 6.28. The van der Waals surface area contributed by atoms with E-state index in [1.54, 1.807) is 19.1 Å². The van der Waals surface area contributed by atoms with Crippen LogP contribution in [0.5, 0.6) is 0 Å². The maximum atomic E-state index is 10.4. The topological polar surface area (TPSA) is 17.1 Å². The minimum atomic E-state index is -0.738. The van der Waals surface area contributed by atoms with Crippen molar-refractivity contribution in [3.05, 3.63) is 35.9 Å². The van der Waals surface area contributed by atoms with E-state index in [9.17, 15) is 4.79 Å². The molecule has 0 saturated carbocycles. The van der Waals surface area contributed by atoms with Crippen LogP contribution in [0.2, 0.25) is 0 Å². The lowest BCUT2D eigenvalue weighted by molar-refractivity contribution is -0.104. The Hall–Kier alpha value is -0.240. The fraction of sp³-hybridized carbons (Fsp3) is 0.300. The van der Waals surface area contributed by atoms with Crippen LogP contribution in [0.15, 0.2) is 35.9 Å². The van der Waals surface area contributed by atoms with Gasteiger partial charge in [-0.05, 0) is 6.92 Å². The molecule has 0 aromatic rings. The molecule has 14 heavy (non-hydrogen) atoms. The molecule has 0 saturated heterocycles. The van der Waals surface area contributed by atoms with E-state index in [1.807, 2.05) is 0 Å². The Bertz CT molecular complexity index is 267. The summed E-state index contributed by atoms with van der Waals surface area (Å²) >= 11 is 17.3. The Morgan fingerprint density at radius 2 is 2.14 bits per heavy atom. The lowest BCUT2D eigenvalue weighted by Crippen LogP contribution is -2.24. The second-order valence-electron chi connectivity index (χ2n) is 2.84. The third-order valence-electron chi connectivity index (χ3n) is 1.66. The van der Waals surface area contributed by atoms with Gasteiger partial charge in [-0.2, -0.15) is 0 Å². The van der Waals surface area contributed by atoms with Crippen molar-refractivity contribution >= 4 is 41.1 Å². The smallest absolute Gasteiger partial charge is 0.150 e. The molecule has 0 fully saturated rings. The van der Waals surface area contributed by atoms with E-state index in [0.29, 0.717) is 11.9 Å². The number of halogens is 3. The van der Waals surface area contributed by atoms with Crippen molar-refractivity contribution in [3.63, 3.8) is 0 Å². The lowest BCUT2D eigenvalue weighted by Gasteiger charge is -2.20. The van der Waals surface area contributed by atoms with E-state index in [2.05, 4.69) is 6.58 Å². The molecule has 0 spiro atoms. The van der Waals surface area contributed by atoms with Crippen LogP contribution >= 0.6 is 34.8 Å². The van der Waals surface area contributed by atoms with Crippen molar-refractivity contribution in [3.8, 4) is 0 Å². The molecule has 2 atom stereocenters. The lowest BCUT2D eigenvalue weighted by atomic mass is 10.1. The summed E-state index contributed by atoms with van der Waals surface area (Å²) < 4.78 is 0. The van der Waals surface area contributed by atoms with E-state index in [-0.39, 0.29) is 0 Å². The van der Waals surface area contributed by atoms with E-state index >= 15 is 0 Å². The zero-order valence-electron chi connectivity index (χ0n) is 7.71. The first-order valence-corrected chi connectivity index (χ1v) is 5.13. The number of hydrogen-bond acceptors (Lipinski definition) is 1. The molecule has 0 aliphatic heterocycles. The van der Waals surface area contributed by atoms with Crippen molar-refractivity contribution in [2.24, 2.45) is 0 Å². The highest BCUT2D eigenvalue weighted by Crippen LogP contribution is 2.26. The van der Waals surface area contributed by atoms with E-state index in [0.717, 1.165) is 0 Å². The van der Waals surface area contributed by atoms with Crippen LogP contribution in [0.1, 0.15) is 6.92 Å². The summed E-state index contributed by atoms with van der Waals surface area (Å²) in [4.78, 5) is 9.63. The molecule has 4 heteroatoms. The van der Waals surface area contributed by atoms with Crippen LogP contribution in [0, 0.1) is 0 Å². The van der Waals surface area contributed by atoms with Crippen LogP contribution < -0.4 is 0 Å². The summed E-state index contributed by atoms with van der Waals surface area (Å²) in [5.41, 5.74) is 1.51. The fourth-order valence-corrected chi connectivity index (χ4v) is 0.956. The van der Waals surface area contributed by atoms with Gasteiger partial charge < -0.3 is 0 Å². The highest BCUT2D eigenvalue weighted by Gasteiger charge is 2.24. The first-order chi connectivity index (χ1) is 6.47. The summed E-state index contributed by atoms with van der Waals surface area (Å²) in [5, 5.41) is -0.451. The van der Waals surface area contributed by atoms with Crippen LogP contribution in [-0.2, 0) is 4.79 Å². The molecule has 0 aliphatic carbocycles. The van der Waals surface area contributed by atoms with Gasteiger partial charge in [-0.15, -0.1) is 29.8 Å². The summed E-state index contributed by atoms with van der Waals surface area (Å²) in [5.74, 6) is 0. The van der Waals surface area contributed by atoms with Gasteiger partial charge in [0, 0.05) is 11.1 Å². The maximum absolute atomic E-state index is 10.4. The number of hydrogen-bond donors (Lipinski definition) is 0. The third kappa shape index (κ3) is 4.32. The molecular weight excluding hydrogens is 242 g/mol. The average Bonchev–Trinajstić information content (AvgIpc) is 2.19. The summed E-state index contributed by atoms with van der Waals surface area (Å²) in [6, 6.07) is 0. The quantitative estimate of drug-likeness (QED) is 0.240. The first-order valence-electron chi connectivity index (χ1n) is 3.88. The number of alkyl halides is 2. The second-order valence-corrected chi connectivity index (χ2v) is 4.35. The monoisotopic (exact) mass is 252 g/mol. The van der Waals surface area contributed by atoms with Crippen LogP contribution in [0.4, 0.5) is 0 Å². The van der Waals surface area contributed by atoms with Gasteiger partial charge in [-0.25, -0.2) is 0 Å². The number of carbonyl (C=O) groups is 1. The highest BCUT2D eigenvalue weighted by atomic mass is 35.5. The standard InChI is InChI=1S/C10H11Cl3O/c1-3-10(2,13)9(12)5-4-8(6-11)7-14/h3-7,9H,1H2,2H3/b5-4+,8-6-/t9-,10-/m1/s1. The van der Waals surface area contributed by atoms with Crippen molar-refractivity contribution in [1.29, 1.82) is 0 Å². The molecule has 0 amide bonds. The van der Waals surface area contributed by atoms with Gasteiger partial charge in [0.2, 0.25) is 0 Å². The van der Waals surface area contributed by atoms with Gasteiger partial charge in [0.1, 0.15) is 0 Å². The maximum Gasteiger partial charge on any atom is 0.150 e. The van der Waals surface area contributed by atoms with Crippen LogP contribution in [0.3, 0.4) is 0 Å². The number of rotatable bonds is 5. The van der Waals surface area contributed by atoms with Gasteiger partial charge in [0.05, 0.1) is 10.3 Å². The minimum absolute atomic E-state index is 0.342. The Morgan fingerprint density at radius 3 is 2.50 bits per heavy atom. The average molecular weight is 254 g/mol. The zero-order chi connectivity index (χ0) is 11.2. The molecular formula is C10H11Cl3O. The fourth-order valence-electron chi connectivity index (χ4n) is 0.598. The minimum Gasteiger partial charge on any atom is -0.298 e. The summed E-state index contributed by atoms with van der Waals surface area (Å²) in [6.07, 6.45) is 5.29. The molecule has 0 aromatic heterocycles. The molecule has 78 valence electrons. The molecule has 0 aliphatic rings. The molecule has 0 aromatic carbocycles. The van der Waals surface area contributed by atoms with Gasteiger partial charge in [0.15, 0.2) is 6.29 Å². The summed E-state index contributed by atoms with van der Waals surface area (Å²) in [7, 11) is 0. The van der Waals surface area contributed by atoms with Gasteiger partial charge in [0.25, 0.3) is 0 Å². The van der Waals surface area contributed by atoms with Crippen molar-refractivity contribution < 1.29 is 4.79 Å². The molecule has 1 nitrogen and oxygen atoms in total. The largest absolute Gasteiger partial charge is 0.298 e. The molecule has 0 rings (SSSR count). The number of aldehydes is 1. The predicted molar refractivity (Wildman–Crippen MR) is 63.2 cm³/mol. The van der Waals surface area contributed by atoms with E-state index < -0.39 is 10.3 Å².